The summed E-state index contributed by atoms with van der Waals surface area (Å²) in [5.74, 6) is 1.91. The zero-order valence-electron chi connectivity index (χ0n) is 33.5. The topological polar surface area (TPSA) is 38.7 Å². The van der Waals surface area contributed by atoms with Crippen LogP contribution in [0, 0.1) is 0 Å². The molecule has 9 aromatic carbocycles. The maximum Gasteiger partial charge on any atom is 0.164 e. The highest BCUT2D eigenvalue weighted by atomic mass is 32.1. The Morgan fingerprint density at radius 1 is 0.290 bits per heavy atom. The molecule has 0 fully saturated rings. The van der Waals surface area contributed by atoms with Crippen LogP contribution in [0.15, 0.2) is 212 Å². The Balaban J connectivity index is 1.00. The van der Waals surface area contributed by atoms with Crippen molar-refractivity contribution in [2.45, 2.75) is 5.41 Å². The van der Waals surface area contributed by atoms with Crippen molar-refractivity contribution in [3.8, 4) is 78.7 Å². The number of hydrogen-bond donors (Lipinski definition) is 0. The highest BCUT2D eigenvalue weighted by Gasteiger charge is 2.51. The molecule has 2 aliphatic carbocycles. The Bertz CT molecular complexity index is 3560. The van der Waals surface area contributed by atoms with E-state index in [0.717, 1.165) is 33.4 Å². The van der Waals surface area contributed by atoms with E-state index in [1.165, 1.54) is 70.2 Å². The van der Waals surface area contributed by atoms with Crippen molar-refractivity contribution in [1.29, 1.82) is 0 Å². The minimum Gasteiger partial charge on any atom is -0.208 e. The predicted molar refractivity (Wildman–Crippen MR) is 256 cm³/mol. The lowest BCUT2D eigenvalue weighted by Crippen LogP contribution is -2.25. The van der Waals surface area contributed by atoms with E-state index in [1.54, 1.807) is 0 Å². The summed E-state index contributed by atoms with van der Waals surface area (Å²) in [6, 6.07) is 76.7. The second-order valence-electron chi connectivity index (χ2n) is 16.3. The van der Waals surface area contributed by atoms with E-state index in [-0.39, 0.29) is 0 Å². The van der Waals surface area contributed by atoms with Crippen LogP contribution in [0.1, 0.15) is 22.3 Å². The van der Waals surface area contributed by atoms with Crippen LogP contribution in [0.25, 0.3) is 98.8 Å². The number of hydrogen-bond acceptors (Lipinski definition) is 4. The first kappa shape index (κ1) is 35.0. The molecule has 4 heteroatoms. The summed E-state index contributed by atoms with van der Waals surface area (Å²) in [6.45, 7) is 0. The normalized spacial score (nSPS) is 13.0. The number of benzene rings is 9. The fourth-order valence-corrected chi connectivity index (χ4v) is 11.5. The number of nitrogens with zero attached hydrogens (tertiary/aromatic N) is 3. The first-order chi connectivity index (χ1) is 30.7. The SMILES string of the molecule is c1ccc(-c2cccc(-c3nc(-c4cccc(-c5cccc6c5sc5ccccc56)c4)nc(-c4ccc5c(c4)-c4ccccc4C54c5ccccc5-c5ccccc54)n3)c2)cc1. The van der Waals surface area contributed by atoms with Crippen LogP contribution in [-0.4, -0.2) is 15.0 Å². The first-order valence-corrected chi connectivity index (χ1v) is 21.9. The van der Waals surface area contributed by atoms with Crippen LogP contribution in [0.3, 0.4) is 0 Å². The van der Waals surface area contributed by atoms with Gasteiger partial charge in [-0.2, -0.15) is 0 Å². The molecule has 2 aliphatic rings. The summed E-state index contributed by atoms with van der Waals surface area (Å²) >= 11 is 1.85. The lowest BCUT2D eigenvalue weighted by atomic mass is 9.70. The van der Waals surface area contributed by atoms with Gasteiger partial charge < -0.3 is 0 Å². The van der Waals surface area contributed by atoms with Gasteiger partial charge in [0.15, 0.2) is 17.5 Å². The van der Waals surface area contributed by atoms with E-state index in [0.29, 0.717) is 17.5 Å². The molecule has 0 unspecified atom stereocenters. The van der Waals surface area contributed by atoms with Crippen molar-refractivity contribution >= 4 is 31.5 Å². The number of rotatable bonds is 5. The van der Waals surface area contributed by atoms with E-state index < -0.39 is 5.41 Å². The first-order valence-electron chi connectivity index (χ1n) is 21.1. The van der Waals surface area contributed by atoms with Gasteiger partial charge in [0.2, 0.25) is 0 Å². The van der Waals surface area contributed by atoms with Crippen molar-refractivity contribution in [1.82, 2.24) is 15.0 Å². The second-order valence-corrected chi connectivity index (χ2v) is 17.3. The number of fused-ring (bicyclic) bond motifs is 13. The maximum atomic E-state index is 5.33. The maximum absolute atomic E-state index is 5.33. The highest BCUT2D eigenvalue weighted by molar-refractivity contribution is 7.26. The Kier molecular flexibility index (Phi) is 7.69. The lowest BCUT2D eigenvalue weighted by molar-refractivity contribution is 0.794. The van der Waals surface area contributed by atoms with Crippen LogP contribution >= 0.6 is 11.3 Å². The number of thiophene rings is 1. The molecule has 13 rings (SSSR count). The van der Waals surface area contributed by atoms with E-state index in [4.69, 9.17) is 15.0 Å². The average molecular weight is 806 g/mol. The van der Waals surface area contributed by atoms with Crippen LogP contribution in [0.5, 0.6) is 0 Å². The molecule has 62 heavy (non-hydrogen) atoms. The third-order valence-corrected chi connectivity index (χ3v) is 14.2. The molecule has 0 aliphatic heterocycles. The summed E-state index contributed by atoms with van der Waals surface area (Å²) < 4.78 is 2.57. The van der Waals surface area contributed by atoms with Crippen molar-refractivity contribution in [3.05, 3.63) is 235 Å². The minimum absolute atomic E-state index is 0.414. The Morgan fingerprint density at radius 3 is 1.42 bits per heavy atom. The molecule has 0 radical (unpaired) electrons. The Labute approximate surface area is 363 Å². The summed E-state index contributed by atoms with van der Waals surface area (Å²) in [5.41, 5.74) is 17.3. The predicted octanol–water partition coefficient (Wildman–Crippen LogP) is 14.9. The van der Waals surface area contributed by atoms with Gasteiger partial charge in [0.25, 0.3) is 0 Å². The highest BCUT2D eigenvalue weighted by Crippen LogP contribution is 2.63. The van der Waals surface area contributed by atoms with Crippen molar-refractivity contribution in [2.75, 3.05) is 0 Å². The molecule has 0 amide bonds. The van der Waals surface area contributed by atoms with Crippen molar-refractivity contribution in [3.63, 3.8) is 0 Å². The lowest BCUT2D eigenvalue weighted by Gasteiger charge is -2.30. The molecule has 0 saturated heterocycles. The molecule has 0 N–H and O–H groups in total. The van der Waals surface area contributed by atoms with Crippen molar-refractivity contribution in [2.24, 2.45) is 0 Å². The summed E-state index contributed by atoms with van der Waals surface area (Å²) in [6.07, 6.45) is 0. The van der Waals surface area contributed by atoms with E-state index >= 15 is 0 Å². The molecular weight excluding hydrogens is 771 g/mol. The third kappa shape index (κ3) is 5.14. The van der Waals surface area contributed by atoms with E-state index in [9.17, 15) is 0 Å². The van der Waals surface area contributed by atoms with Gasteiger partial charge >= 0.3 is 0 Å². The zero-order chi connectivity index (χ0) is 40.8. The fourth-order valence-electron chi connectivity index (χ4n) is 10.3. The molecular formula is C58H35N3S. The molecule has 11 aromatic rings. The fraction of sp³-hybridized carbons (Fsp3) is 0.0172. The van der Waals surface area contributed by atoms with Gasteiger partial charge in [-0.3, -0.25) is 0 Å². The molecule has 2 heterocycles. The molecule has 288 valence electrons. The summed E-state index contributed by atoms with van der Waals surface area (Å²) in [5, 5.41) is 2.57. The minimum atomic E-state index is -0.414. The van der Waals surface area contributed by atoms with Crippen LogP contribution in [0.2, 0.25) is 0 Å². The van der Waals surface area contributed by atoms with Crippen LogP contribution in [-0.2, 0) is 5.41 Å². The summed E-state index contributed by atoms with van der Waals surface area (Å²) in [7, 11) is 0. The molecule has 3 nitrogen and oxygen atoms in total. The molecule has 2 aromatic heterocycles. The van der Waals surface area contributed by atoms with Gasteiger partial charge in [0, 0.05) is 36.9 Å². The van der Waals surface area contributed by atoms with E-state index in [2.05, 4.69) is 206 Å². The number of aromatic nitrogens is 3. The average Bonchev–Trinajstić information content (AvgIpc) is 3.98. The largest absolute Gasteiger partial charge is 0.208 e. The third-order valence-electron chi connectivity index (χ3n) is 13.0. The quantitative estimate of drug-likeness (QED) is 0.174. The van der Waals surface area contributed by atoms with Crippen LogP contribution < -0.4 is 0 Å². The molecule has 1 spiro atoms. The molecule has 0 saturated carbocycles. The monoisotopic (exact) mass is 805 g/mol. The molecule has 0 atom stereocenters. The van der Waals surface area contributed by atoms with Gasteiger partial charge in [-0.1, -0.05) is 188 Å². The summed E-state index contributed by atoms with van der Waals surface area (Å²) in [4.78, 5) is 15.9. The van der Waals surface area contributed by atoms with Gasteiger partial charge in [-0.05, 0) is 91.0 Å². The van der Waals surface area contributed by atoms with Gasteiger partial charge in [0.05, 0.1) is 5.41 Å². The smallest absolute Gasteiger partial charge is 0.164 e. The standard InChI is InChI=1S/C58H35N3S/c1-2-15-36(16-3-1)37-17-12-19-39(33-37)55-59-56(40-20-13-18-38(34-40)42-25-14-26-47-46-24-7-11-30-53(46)62-54(42)47)61-57(60-55)41-31-32-52-48(35-41)45-23-6-10-29-51(45)58(52)49-27-8-4-21-43(49)44-22-5-9-28-50(44)58/h1-35H. The Morgan fingerprint density at radius 2 is 0.742 bits per heavy atom. The van der Waals surface area contributed by atoms with Gasteiger partial charge in [-0.25, -0.2) is 15.0 Å². The van der Waals surface area contributed by atoms with Crippen molar-refractivity contribution < 1.29 is 0 Å². The van der Waals surface area contributed by atoms with Crippen LogP contribution in [0.4, 0.5) is 0 Å². The van der Waals surface area contributed by atoms with E-state index in [1.807, 2.05) is 17.4 Å². The van der Waals surface area contributed by atoms with Gasteiger partial charge in [-0.15, -0.1) is 11.3 Å². The molecule has 0 bridgehead atoms. The van der Waals surface area contributed by atoms with Gasteiger partial charge in [0.1, 0.15) is 0 Å². The zero-order valence-corrected chi connectivity index (χ0v) is 34.3. The Hall–Kier alpha value is -7.79. The second kappa shape index (κ2) is 13.6.